The number of hydrogen-bond donors (Lipinski definition) is 1. The van der Waals surface area contributed by atoms with E-state index in [9.17, 15) is 31.2 Å². The fourth-order valence-electron chi connectivity index (χ4n) is 4.46. The average Bonchev–Trinajstić information content (AvgIpc) is 2.86. The number of nitrogens with zero attached hydrogens (tertiary/aromatic N) is 2. The van der Waals surface area contributed by atoms with Crippen molar-refractivity contribution in [3.63, 3.8) is 0 Å². The molecule has 1 atom stereocenters. The van der Waals surface area contributed by atoms with Crippen LogP contribution in [-0.2, 0) is 32.3 Å². The van der Waals surface area contributed by atoms with Gasteiger partial charge < -0.3 is 10.2 Å². The Bertz CT molecular complexity index is 1280. The van der Waals surface area contributed by atoms with Crippen molar-refractivity contribution >= 4 is 50.7 Å². The summed E-state index contributed by atoms with van der Waals surface area (Å²) in [6.07, 6.45) is 0.695. The van der Waals surface area contributed by atoms with Crippen LogP contribution in [0.2, 0.25) is 10.0 Å². The van der Waals surface area contributed by atoms with E-state index >= 15 is 0 Å². The number of rotatable bonds is 9. The molecule has 1 aliphatic rings. The molecule has 13 heteroatoms. The average molecular weight is 609 g/mol. The molecule has 2 aromatic carbocycles. The molecule has 0 spiro atoms. The summed E-state index contributed by atoms with van der Waals surface area (Å²) in [5.41, 5.74) is -1.06. The predicted molar refractivity (Wildman–Crippen MR) is 145 cm³/mol. The van der Waals surface area contributed by atoms with Crippen molar-refractivity contribution in [3.05, 3.63) is 63.6 Å². The fourth-order valence-corrected chi connectivity index (χ4v) is 5.81. The SMILES string of the molecule is C[C@H](C(=O)NC1CCCCC1)N(Cc1c(Cl)cccc1Cl)C(=O)CN(c1cccc(C(F)(F)F)c1)S(C)(=O)=O. The van der Waals surface area contributed by atoms with E-state index in [0.717, 1.165) is 61.5 Å². The van der Waals surface area contributed by atoms with Gasteiger partial charge in [-0.3, -0.25) is 13.9 Å². The van der Waals surface area contributed by atoms with E-state index in [1.165, 1.54) is 6.92 Å². The van der Waals surface area contributed by atoms with Crippen LogP contribution >= 0.6 is 23.2 Å². The van der Waals surface area contributed by atoms with Crippen molar-refractivity contribution in [1.29, 1.82) is 0 Å². The highest BCUT2D eigenvalue weighted by molar-refractivity contribution is 7.92. The minimum atomic E-state index is -4.72. The lowest BCUT2D eigenvalue weighted by Crippen LogP contribution is -2.53. The summed E-state index contributed by atoms with van der Waals surface area (Å²) < 4.78 is 65.8. The van der Waals surface area contributed by atoms with E-state index in [4.69, 9.17) is 23.2 Å². The van der Waals surface area contributed by atoms with Gasteiger partial charge in [0, 0.05) is 28.2 Å². The molecule has 39 heavy (non-hydrogen) atoms. The van der Waals surface area contributed by atoms with E-state index in [2.05, 4.69) is 5.32 Å². The molecule has 1 N–H and O–H groups in total. The second kappa shape index (κ2) is 12.8. The number of hydrogen-bond acceptors (Lipinski definition) is 4. The van der Waals surface area contributed by atoms with Gasteiger partial charge in [-0.2, -0.15) is 13.2 Å². The second-order valence-electron chi connectivity index (χ2n) is 9.56. The summed E-state index contributed by atoms with van der Waals surface area (Å²) in [6, 6.07) is 7.30. The Morgan fingerprint density at radius 1 is 1.05 bits per heavy atom. The monoisotopic (exact) mass is 607 g/mol. The zero-order chi connectivity index (χ0) is 29.0. The molecule has 1 saturated carbocycles. The third-order valence-electron chi connectivity index (χ3n) is 6.65. The van der Waals surface area contributed by atoms with Crippen LogP contribution in [0.15, 0.2) is 42.5 Å². The van der Waals surface area contributed by atoms with Gasteiger partial charge in [0.2, 0.25) is 21.8 Å². The number of amides is 2. The van der Waals surface area contributed by atoms with Gasteiger partial charge in [-0.05, 0) is 50.1 Å². The molecule has 0 aromatic heterocycles. The van der Waals surface area contributed by atoms with Crippen LogP contribution in [0.25, 0.3) is 0 Å². The Morgan fingerprint density at radius 3 is 2.21 bits per heavy atom. The lowest BCUT2D eigenvalue weighted by Gasteiger charge is -2.33. The maximum absolute atomic E-state index is 13.7. The van der Waals surface area contributed by atoms with Crippen molar-refractivity contribution in [1.82, 2.24) is 10.2 Å². The molecule has 2 amide bonds. The molecule has 7 nitrogen and oxygen atoms in total. The van der Waals surface area contributed by atoms with Crippen molar-refractivity contribution in [2.24, 2.45) is 0 Å². The van der Waals surface area contributed by atoms with Gasteiger partial charge in [0.05, 0.1) is 17.5 Å². The summed E-state index contributed by atoms with van der Waals surface area (Å²) in [5, 5.41) is 3.42. The Kier molecular flexibility index (Phi) is 10.2. The summed E-state index contributed by atoms with van der Waals surface area (Å²) in [6.45, 7) is 0.427. The van der Waals surface area contributed by atoms with Gasteiger partial charge in [-0.25, -0.2) is 8.42 Å². The van der Waals surface area contributed by atoms with E-state index < -0.39 is 46.2 Å². The zero-order valence-corrected chi connectivity index (χ0v) is 23.8. The molecular formula is C26H30Cl2F3N3O4S. The fraction of sp³-hybridized carbons (Fsp3) is 0.462. The number of sulfonamides is 1. The maximum atomic E-state index is 13.7. The van der Waals surface area contributed by atoms with Gasteiger partial charge >= 0.3 is 6.18 Å². The molecule has 0 bridgehead atoms. The number of alkyl halides is 3. The van der Waals surface area contributed by atoms with E-state index in [1.807, 2.05) is 0 Å². The normalized spacial score (nSPS) is 15.5. The largest absolute Gasteiger partial charge is 0.416 e. The molecular weight excluding hydrogens is 578 g/mol. The number of carbonyl (C=O) groups excluding carboxylic acids is 2. The summed E-state index contributed by atoms with van der Waals surface area (Å²) >= 11 is 12.6. The van der Waals surface area contributed by atoms with Crippen LogP contribution in [0.3, 0.4) is 0 Å². The van der Waals surface area contributed by atoms with Crippen LogP contribution in [0.5, 0.6) is 0 Å². The highest BCUT2D eigenvalue weighted by atomic mass is 35.5. The number of benzene rings is 2. The Hall–Kier alpha value is -2.50. The first-order chi connectivity index (χ1) is 18.2. The summed E-state index contributed by atoms with van der Waals surface area (Å²) in [4.78, 5) is 28.0. The Balaban J connectivity index is 1.95. The summed E-state index contributed by atoms with van der Waals surface area (Å²) in [7, 11) is -4.20. The van der Waals surface area contributed by atoms with Gasteiger partial charge in [-0.15, -0.1) is 0 Å². The third kappa shape index (κ3) is 8.25. The first-order valence-corrected chi connectivity index (χ1v) is 15.0. The third-order valence-corrected chi connectivity index (χ3v) is 8.50. The number of carbonyl (C=O) groups is 2. The molecule has 2 aromatic rings. The van der Waals surface area contributed by atoms with Crippen molar-refractivity contribution in [2.75, 3.05) is 17.1 Å². The molecule has 0 heterocycles. The van der Waals surface area contributed by atoms with Crippen LogP contribution in [0, 0.1) is 0 Å². The van der Waals surface area contributed by atoms with Gasteiger partial charge in [-0.1, -0.05) is 54.6 Å². The summed E-state index contributed by atoms with van der Waals surface area (Å²) in [5.74, 6) is -1.26. The number of halogens is 5. The smallest absolute Gasteiger partial charge is 0.352 e. The highest BCUT2D eigenvalue weighted by Gasteiger charge is 2.34. The molecule has 214 valence electrons. The standard InChI is InChI=1S/C26H30Cl2F3N3O4S/c1-17(25(36)32-19-9-4-3-5-10-19)33(15-21-22(27)12-7-13-23(21)28)24(35)16-34(39(2,37)38)20-11-6-8-18(14-20)26(29,30)31/h6-8,11-14,17,19H,3-5,9-10,15-16H2,1-2H3,(H,32,36)/t17-/m1/s1. The van der Waals surface area contributed by atoms with Crippen molar-refractivity contribution < 1.29 is 31.2 Å². The second-order valence-corrected chi connectivity index (χ2v) is 12.3. The minimum Gasteiger partial charge on any atom is -0.352 e. The van der Waals surface area contributed by atoms with E-state index in [0.29, 0.717) is 15.9 Å². The molecule has 1 aliphatic carbocycles. The number of nitrogens with one attached hydrogen (secondary N) is 1. The highest BCUT2D eigenvalue weighted by Crippen LogP contribution is 2.32. The van der Waals surface area contributed by atoms with Gasteiger partial charge in [0.25, 0.3) is 0 Å². The van der Waals surface area contributed by atoms with Crippen molar-refractivity contribution in [3.8, 4) is 0 Å². The first kappa shape index (κ1) is 31.0. The zero-order valence-electron chi connectivity index (χ0n) is 21.5. The van der Waals surface area contributed by atoms with Crippen LogP contribution in [0.1, 0.15) is 50.2 Å². The molecule has 0 aliphatic heterocycles. The topological polar surface area (TPSA) is 86.8 Å². The molecule has 1 fully saturated rings. The van der Waals surface area contributed by atoms with Crippen LogP contribution in [-0.4, -0.2) is 50.0 Å². The Morgan fingerprint density at radius 2 is 1.64 bits per heavy atom. The molecule has 0 unspecified atom stereocenters. The number of anilines is 1. The van der Waals surface area contributed by atoms with Crippen LogP contribution in [0.4, 0.5) is 18.9 Å². The van der Waals surface area contributed by atoms with Crippen LogP contribution < -0.4 is 9.62 Å². The lowest BCUT2D eigenvalue weighted by atomic mass is 9.95. The molecule has 0 saturated heterocycles. The quantitative estimate of drug-likeness (QED) is 0.399. The predicted octanol–water partition coefficient (Wildman–Crippen LogP) is 5.64. The van der Waals surface area contributed by atoms with Gasteiger partial charge in [0.15, 0.2) is 0 Å². The Labute approximate surface area is 236 Å². The van der Waals surface area contributed by atoms with Gasteiger partial charge in [0.1, 0.15) is 12.6 Å². The molecule has 0 radical (unpaired) electrons. The first-order valence-electron chi connectivity index (χ1n) is 12.4. The minimum absolute atomic E-state index is 0.0489. The molecule has 3 rings (SSSR count). The van der Waals surface area contributed by atoms with Crippen molar-refractivity contribution in [2.45, 2.75) is 63.8 Å². The maximum Gasteiger partial charge on any atom is 0.416 e. The van der Waals surface area contributed by atoms with E-state index in [-0.39, 0.29) is 28.3 Å². The lowest BCUT2D eigenvalue weighted by molar-refractivity contribution is -0.139. The van der Waals surface area contributed by atoms with E-state index in [1.54, 1.807) is 18.2 Å².